The second kappa shape index (κ2) is 6.27. The van der Waals surface area contributed by atoms with E-state index in [0.29, 0.717) is 6.61 Å². The maximum atomic E-state index is 12.1. The Kier molecular flexibility index (Phi) is 6.15. The fourth-order valence-electron chi connectivity index (χ4n) is 1.33. The molecule has 0 saturated heterocycles. The first-order chi connectivity index (χ1) is 6.48. The lowest BCUT2D eigenvalue weighted by molar-refractivity contribution is 0.0613. The summed E-state index contributed by atoms with van der Waals surface area (Å²) in [5, 5.41) is 2.78. The predicted octanol–water partition coefficient (Wildman–Crippen LogP) is 0.841. The summed E-state index contributed by atoms with van der Waals surface area (Å²) in [6, 6.07) is 0. The first-order valence-corrected chi connectivity index (χ1v) is 4.70. The first kappa shape index (κ1) is 13.7. The zero-order valence-corrected chi connectivity index (χ0v) is 9.02. The number of halogens is 2. The molecule has 0 fully saturated rings. The predicted molar refractivity (Wildman–Crippen MR) is 52.5 cm³/mol. The van der Waals surface area contributed by atoms with Gasteiger partial charge in [-0.2, -0.15) is 0 Å². The van der Waals surface area contributed by atoms with E-state index in [2.05, 4.69) is 5.32 Å². The standard InChI is InChI=1S/C9H20F2N2O/c1-7(2)9(5-12,6-14-3)13-4-8(10)11/h7-8,13H,4-6,12H2,1-3H3. The van der Waals surface area contributed by atoms with Gasteiger partial charge in [-0.3, -0.25) is 0 Å². The summed E-state index contributed by atoms with van der Waals surface area (Å²) in [6.07, 6.45) is -2.36. The minimum atomic E-state index is -2.36. The van der Waals surface area contributed by atoms with Crippen LogP contribution < -0.4 is 11.1 Å². The molecule has 0 bridgehead atoms. The van der Waals surface area contributed by atoms with Crippen molar-refractivity contribution in [2.24, 2.45) is 11.7 Å². The van der Waals surface area contributed by atoms with Gasteiger partial charge in [0.15, 0.2) is 0 Å². The van der Waals surface area contributed by atoms with Gasteiger partial charge >= 0.3 is 0 Å². The summed E-state index contributed by atoms with van der Waals surface area (Å²) >= 11 is 0. The molecule has 0 aromatic carbocycles. The van der Waals surface area contributed by atoms with Crippen molar-refractivity contribution in [2.45, 2.75) is 25.8 Å². The van der Waals surface area contributed by atoms with Gasteiger partial charge in [-0.1, -0.05) is 13.8 Å². The van der Waals surface area contributed by atoms with Crippen molar-refractivity contribution >= 4 is 0 Å². The molecule has 3 N–H and O–H groups in total. The normalized spacial score (nSPS) is 16.3. The summed E-state index contributed by atoms with van der Waals surface area (Å²) in [5.74, 6) is 0.145. The zero-order chi connectivity index (χ0) is 11.2. The number of nitrogens with one attached hydrogen (secondary N) is 1. The van der Waals surface area contributed by atoms with Gasteiger partial charge in [-0.15, -0.1) is 0 Å². The van der Waals surface area contributed by atoms with Crippen LogP contribution in [-0.2, 0) is 4.74 Å². The Morgan fingerprint density at radius 3 is 2.29 bits per heavy atom. The summed E-state index contributed by atoms with van der Waals surface area (Å²) < 4.78 is 29.1. The van der Waals surface area contributed by atoms with Crippen LogP contribution in [0.1, 0.15) is 13.8 Å². The molecule has 3 nitrogen and oxygen atoms in total. The molecule has 0 saturated carbocycles. The number of alkyl halides is 2. The van der Waals surface area contributed by atoms with Gasteiger partial charge in [-0.25, -0.2) is 8.78 Å². The van der Waals surface area contributed by atoms with Crippen LogP contribution in [0.4, 0.5) is 8.78 Å². The van der Waals surface area contributed by atoms with Crippen LogP contribution in [0.2, 0.25) is 0 Å². The lowest BCUT2D eigenvalue weighted by Gasteiger charge is -2.37. The van der Waals surface area contributed by atoms with Crippen LogP contribution in [0.5, 0.6) is 0 Å². The molecule has 0 aliphatic heterocycles. The summed E-state index contributed by atoms with van der Waals surface area (Å²) in [6.45, 7) is 4.15. The van der Waals surface area contributed by atoms with Gasteiger partial charge < -0.3 is 15.8 Å². The van der Waals surface area contributed by atoms with E-state index in [1.807, 2.05) is 13.8 Å². The lowest BCUT2D eigenvalue weighted by atomic mass is 9.87. The van der Waals surface area contributed by atoms with Crippen molar-refractivity contribution in [3.05, 3.63) is 0 Å². The summed E-state index contributed by atoms with van der Waals surface area (Å²) in [5.41, 5.74) is 5.04. The fraction of sp³-hybridized carbons (Fsp3) is 1.00. The van der Waals surface area contributed by atoms with Crippen molar-refractivity contribution in [1.82, 2.24) is 5.32 Å². The highest BCUT2D eigenvalue weighted by Crippen LogP contribution is 2.16. The summed E-state index contributed by atoms with van der Waals surface area (Å²) in [7, 11) is 1.54. The third-order valence-corrected chi connectivity index (χ3v) is 2.48. The van der Waals surface area contributed by atoms with E-state index in [-0.39, 0.29) is 19.0 Å². The van der Waals surface area contributed by atoms with Crippen molar-refractivity contribution in [3.8, 4) is 0 Å². The number of methoxy groups -OCH3 is 1. The van der Waals surface area contributed by atoms with Crippen molar-refractivity contribution < 1.29 is 13.5 Å². The molecule has 0 aliphatic rings. The van der Waals surface area contributed by atoms with E-state index < -0.39 is 12.0 Å². The molecular weight excluding hydrogens is 190 g/mol. The molecule has 14 heavy (non-hydrogen) atoms. The minimum Gasteiger partial charge on any atom is -0.383 e. The summed E-state index contributed by atoms with van der Waals surface area (Å²) in [4.78, 5) is 0. The van der Waals surface area contributed by atoms with Gasteiger partial charge in [0, 0.05) is 13.7 Å². The molecule has 0 heterocycles. The Bertz CT molecular complexity index is 156. The SMILES string of the molecule is COCC(CN)(NCC(F)F)C(C)C. The van der Waals surface area contributed by atoms with Crippen LogP contribution in [0.25, 0.3) is 0 Å². The number of hydrogen-bond acceptors (Lipinski definition) is 3. The van der Waals surface area contributed by atoms with Gasteiger partial charge in [0.1, 0.15) is 0 Å². The fourth-order valence-corrected chi connectivity index (χ4v) is 1.33. The van der Waals surface area contributed by atoms with Crippen LogP contribution in [0.15, 0.2) is 0 Å². The molecule has 0 spiro atoms. The average Bonchev–Trinajstić information content (AvgIpc) is 2.11. The van der Waals surface area contributed by atoms with Gasteiger partial charge in [0.2, 0.25) is 0 Å². The third-order valence-electron chi connectivity index (χ3n) is 2.48. The molecular formula is C9H20F2N2O. The number of nitrogens with two attached hydrogens (primary N) is 1. The average molecular weight is 210 g/mol. The van der Waals surface area contributed by atoms with E-state index in [9.17, 15) is 8.78 Å². The topological polar surface area (TPSA) is 47.3 Å². The van der Waals surface area contributed by atoms with E-state index >= 15 is 0 Å². The van der Waals surface area contributed by atoms with Crippen LogP contribution in [0.3, 0.4) is 0 Å². The van der Waals surface area contributed by atoms with Crippen LogP contribution >= 0.6 is 0 Å². The quantitative estimate of drug-likeness (QED) is 0.654. The van der Waals surface area contributed by atoms with Crippen molar-refractivity contribution in [2.75, 3.05) is 26.8 Å². The Labute approximate surface area is 84.0 Å². The van der Waals surface area contributed by atoms with E-state index in [4.69, 9.17) is 10.5 Å². The maximum Gasteiger partial charge on any atom is 0.250 e. The molecule has 0 rings (SSSR count). The Balaban J connectivity index is 4.33. The molecule has 1 unspecified atom stereocenters. The molecule has 5 heteroatoms. The maximum absolute atomic E-state index is 12.1. The van der Waals surface area contributed by atoms with Crippen LogP contribution in [-0.4, -0.2) is 38.8 Å². The highest BCUT2D eigenvalue weighted by molar-refractivity contribution is 4.92. The first-order valence-electron chi connectivity index (χ1n) is 4.70. The Morgan fingerprint density at radius 2 is 2.00 bits per heavy atom. The van der Waals surface area contributed by atoms with E-state index in [1.165, 1.54) is 7.11 Å². The van der Waals surface area contributed by atoms with Crippen molar-refractivity contribution in [3.63, 3.8) is 0 Å². The number of ether oxygens (including phenoxy) is 1. The highest BCUT2D eigenvalue weighted by Gasteiger charge is 2.32. The molecule has 1 atom stereocenters. The Hall–Kier alpha value is -0.260. The van der Waals surface area contributed by atoms with Crippen molar-refractivity contribution in [1.29, 1.82) is 0 Å². The second-order valence-corrected chi connectivity index (χ2v) is 3.72. The van der Waals surface area contributed by atoms with Gasteiger partial charge in [0.25, 0.3) is 6.43 Å². The van der Waals surface area contributed by atoms with Gasteiger partial charge in [0.05, 0.1) is 18.7 Å². The molecule has 0 aliphatic carbocycles. The third kappa shape index (κ3) is 3.86. The Morgan fingerprint density at radius 1 is 1.43 bits per heavy atom. The largest absolute Gasteiger partial charge is 0.383 e. The molecule has 0 aromatic rings. The molecule has 0 radical (unpaired) electrons. The smallest absolute Gasteiger partial charge is 0.250 e. The highest BCUT2D eigenvalue weighted by atomic mass is 19.3. The molecule has 0 amide bonds. The van der Waals surface area contributed by atoms with Crippen LogP contribution in [0, 0.1) is 5.92 Å². The van der Waals surface area contributed by atoms with E-state index in [0.717, 1.165) is 0 Å². The molecule has 0 aromatic heterocycles. The monoisotopic (exact) mass is 210 g/mol. The number of hydrogen-bond donors (Lipinski definition) is 2. The molecule has 86 valence electrons. The minimum absolute atomic E-state index is 0.145. The number of rotatable bonds is 7. The second-order valence-electron chi connectivity index (χ2n) is 3.72. The lowest BCUT2D eigenvalue weighted by Crippen LogP contribution is -2.59. The zero-order valence-electron chi connectivity index (χ0n) is 9.02. The van der Waals surface area contributed by atoms with Gasteiger partial charge in [-0.05, 0) is 5.92 Å². The van der Waals surface area contributed by atoms with E-state index in [1.54, 1.807) is 0 Å².